The van der Waals surface area contributed by atoms with Crippen molar-refractivity contribution >= 4 is 56.5 Å². The van der Waals surface area contributed by atoms with Gasteiger partial charge in [-0.25, -0.2) is 0 Å². The first-order chi connectivity index (χ1) is 28.8. The third-order valence-corrected chi connectivity index (χ3v) is 11.1. The Bertz CT molecular complexity index is 2800. The number of carbonyl (C=O) groups excluding carboxylic acids is 1. The Morgan fingerprint density at radius 1 is 0.661 bits per heavy atom. The minimum Gasteiger partial charge on any atom is -0.505 e. The number of carbonyl (C=O) groups is 1. The molecule has 59 heavy (non-hydrogen) atoms. The highest BCUT2D eigenvalue weighted by atomic mass is 16.3. The Morgan fingerprint density at radius 3 is 1.86 bits per heavy atom. The molecule has 4 N–H and O–H groups in total. The molecule has 0 aromatic heterocycles. The summed E-state index contributed by atoms with van der Waals surface area (Å²) >= 11 is 0. The zero-order valence-electron chi connectivity index (χ0n) is 33.0. The van der Waals surface area contributed by atoms with Gasteiger partial charge in [-0.1, -0.05) is 96.1 Å². The fourth-order valence-corrected chi connectivity index (χ4v) is 7.91. The van der Waals surface area contributed by atoms with E-state index in [2.05, 4.69) is 125 Å². The number of azo groups is 1. The molecule has 1 amide bonds. The maximum atomic E-state index is 13.9. The number of nitrogen functional groups attached to an aromatic ring is 1. The van der Waals surface area contributed by atoms with Gasteiger partial charge >= 0.3 is 0 Å². The van der Waals surface area contributed by atoms with Gasteiger partial charge in [0.2, 0.25) is 0 Å². The van der Waals surface area contributed by atoms with E-state index in [1.54, 1.807) is 30.3 Å². The third-order valence-electron chi connectivity index (χ3n) is 11.1. The van der Waals surface area contributed by atoms with E-state index in [9.17, 15) is 9.90 Å². The van der Waals surface area contributed by atoms with Gasteiger partial charge < -0.3 is 21.1 Å². The molecule has 7 nitrogen and oxygen atoms in total. The molecule has 8 aromatic carbocycles. The van der Waals surface area contributed by atoms with Gasteiger partial charge in [-0.15, -0.1) is 5.11 Å². The molecule has 0 radical (unpaired) electrons. The summed E-state index contributed by atoms with van der Waals surface area (Å²) in [6.07, 6.45) is 2.40. The standard InChI is InChI=1S/C52H43N5O2/c1-33-7-24-42(25-8-33)57(43-26-9-34(2)10-27-43)44-28-15-36(16-29-44)12-11-35-13-20-40(21-14-35)54-52(59)48-32-38-17-30-46-45-6-4-3-5-37(45)31-47(46)49(38)50(51(48)58)56-55-41-22-18-39(53)19-23-41/h3-10,13-30,32,58H,11-12,31,53H2,1-2H3,(H,54,59). The molecule has 7 heteroatoms. The largest absolute Gasteiger partial charge is 0.505 e. The molecule has 8 aromatic rings. The Kier molecular flexibility index (Phi) is 9.93. The summed E-state index contributed by atoms with van der Waals surface area (Å²) < 4.78 is 0. The van der Waals surface area contributed by atoms with E-state index < -0.39 is 5.91 Å². The highest BCUT2D eigenvalue weighted by Gasteiger charge is 2.26. The van der Waals surface area contributed by atoms with E-state index in [-0.39, 0.29) is 17.0 Å². The lowest BCUT2D eigenvalue weighted by atomic mass is 9.95. The van der Waals surface area contributed by atoms with E-state index >= 15 is 0 Å². The number of fused-ring (bicyclic) bond motifs is 5. The monoisotopic (exact) mass is 769 g/mol. The molecule has 1 aliphatic carbocycles. The number of phenols is 1. The van der Waals surface area contributed by atoms with Gasteiger partial charge in [0.1, 0.15) is 5.69 Å². The zero-order valence-corrected chi connectivity index (χ0v) is 33.0. The predicted molar refractivity (Wildman–Crippen MR) is 241 cm³/mol. The Balaban J connectivity index is 0.924. The summed E-state index contributed by atoms with van der Waals surface area (Å²) in [7, 11) is 0. The molecule has 0 fully saturated rings. The van der Waals surface area contributed by atoms with E-state index in [1.807, 2.05) is 42.5 Å². The van der Waals surface area contributed by atoms with Crippen LogP contribution in [0.4, 0.5) is 39.8 Å². The van der Waals surface area contributed by atoms with Crippen LogP contribution in [-0.2, 0) is 19.3 Å². The maximum absolute atomic E-state index is 13.9. The second kappa shape index (κ2) is 15.8. The van der Waals surface area contributed by atoms with Gasteiger partial charge in [0.05, 0.1) is 11.3 Å². The van der Waals surface area contributed by atoms with Crippen molar-refractivity contribution < 1.29 is 9.90 Å². The van der Waals surface area contributed by atoms with Gasteiger partial charge in [0.25, 0.3) is 5.91 Å². The van der Waals surface area contributed by atoms with E-state index in [4.69, 9.17) is 5.73 Å². The minimum atomic E-state index is -0.435. The smallest absolute Gasteiger partial charge is 0.259 e. The predicted octanol–water partition coefficient (Wildman–Crippen LogP) is 13.2. The van der Waals surface area contributed by atoms with E-state index in [1.165, 1.54) is 22.3 Å². The van der Waals surface area contributed by atoms with Crippen LogP contribution < -0.4 is 16.0 Å². The molecular formula is C52H43N5O2. The van der Waals surface area contributed by atoms with Gasteiger partial charge in [0.15, 0.2) is 5.75 Å². The normalized spacial score (nSPS) is 11.8. The number of anilines is 5. The van der Waals surface area contributed by atoms with Crippen molar-refractivity contribution in [1.82, 2.24) is 0 Å². The number of phenolic OH excluding ortho intramolecular Hbond substituents is 1. The fraction of sp³-hybridized carbons (Fsp3) is 0.0962. The highest BCUT2D eigenvalue weighted by molar-refractivity contribution is 6.13. The van der Waals surface area contributed by atoms with Crippen LogP contribution in [0.25, 0.3) is 21.9 Å². The number of aryl methyl sites for hydroxylation is 4. The summed E-state index contributed by atoms with van der Waals surface area (Å²) in [5.41, 5.74) is 20.8. The van der Waals surface area contributed by atoms with Gasteiger partial charge in [0, 0.05) is 33.8 Å². The molecule has 0 unspecified atom stereocenters. The first-order valence-electron chi connectivity index (χ1n) is 19.9. The number of rotatable bonds is 10. The maximum Gasteiger partial charge on any atom is 0.259 e. The first kappa shape index (κ1) is 37.1. The number of hydrogen-bond donors (Lipinski definition) is 3. The molecule has 0 spiro atoms. The molecule has 0 saturated heterocycles. The van der Waals surface area contributed by atoms with Crippen molar-refractivity contribution in [2.45, 2.75) is 33.1 Å². The Morgan fingerprint density at radius 2 is 1.24 bits per heavy atom. The van der Waals surface area contributed by atoms with Crippen molar-refractivity contribution in [3.63, 3.8) is 0 Å². The van der Waals surface area contributed by atoms with Gasteiger partial charge in [-0.3, -0.25) is 4.79 Å². The summed E-state index contributed by atoms with van der Waals surface area (Å²) in [6, 6.07) is 55.0. The molecule has 0 aliphatic heterocycles. The molecule has 1 aliphatic rings. The molecule has 0 atom stereocenters. The van der Waals surface area contributed by atoms with Crippen LogP contribution >= 0.6 is 0 Å². The van der Waals surface area contributed by atoms with Crippen LogP contribution in [-0.4, -0.2) is 11.0 Å². The van der Waals surface area contributed by atoms with E-state index in [0.29, 0.717) is 23.5 Å². The fourth-order valence-electron chi connectivity index (χ4n) is 7.91. The number of amides is 1. The average molecular weight is 770 g/mol. The number of nitrogens with two attached hydrogens (primary N) is 1. The van der Waals surface area contributed by atoms with Gasteiger partial charge in [-0.05, 0) is 151 Å². The summed E-state index contributed by atoms with van der Waals surface area (Å²) in [6.45, 7) is 4.21. The number of nitrogens with one attached hydrogen (secondary N) is 1. The number of nitrogens with zero attached hydrogens (tertiary/aromatic N) is 3. The van der Waals surface area contributed by atoms with Crippen molar-refractivity contribution in [3.05, 3.63) is 203 Å². The van der Waals surface area contributed by atoms with E-state index in [0.717, 1.165) is 62.9 Å². The Labute approximate surface area is 344 Å². The summed E-state index contributed by atoms with van der Waals surface area (Å²) in [5.74, 6) is -0.655. The van der Waals surface area contributed by atoms with Crippen molar-refractivity contribution in [2.24, 2.45) is 10.2 Å². The Hall–Kier alpha value is -7.51. The average Bonchev–Trinajstić information content (AvgIpc) is 3.64. The second-order valence-corrected chi connectivity index (χ2v) is 15.3. The van der Waals surface area contributed by atoms with Crippen LogP contribution in [0.3, 0.4) is 0 Å². The van der Waals surface area contributed by atoms with Crippen LogP contribution in [0.15, 0.2) is 174 Å². The van der Waals surface area contributed by atoms with Gasteiger partial charge in [-0.2, -0.15) is 5.11 Å². The molecule has 9 rings (SSSR count). The van der Waals surface area contributed by atoms with Crippen LogP contribution in [0, 0.1) is 13.8 Å². The second-order valence-electron chi connectivity index (χ2n) is 15.3. The molecule has 0 saturated carbocycles. The SMILES string of the molecule is Cc1ccc(N(c2ccc(C)cc2)c2ccc(CCc3ccc(NC(=O)c4cc5ccc6c(c5c(N=Nc5ccc(N)cc5)c4O)Cc4ccccc4-6)cc3)cc2)cc1. The zero-order chi connectivity index (χ0) is 40.5. The molecule has 0 bridgehead atoms. The van der Waals surface area contributed by atoms with Crippen LogP contribution in [0.5, 0.6) is 5.75 Å². The number of hydrogen-bond acceptors (Lipinski definition) is 6. The van der Waals surface area contributed by atoms with Crippen LogP contribution in [0.2, 0.25) is 0 Å². The molecular weight excluding hydrogens is 727 g/mol. The van der Waals surface area contributed by atoms with Crippen LogP contribution in [0.1, 0.15) is 43.7 Å². The number of aromatic hydroxyl groups is 1. The lowest BCUT2D eigenvalue weighted by Gasteiger charge is -2.26. The molecule has 288 valence electrons. The topological polar surface area (TPSA) is 103 Å². The highest BCUT2D eigenvalue weighted by Crippen LogP contribution is 2.48. The summed E-state index contributed by atoms with van der Waals surface area (Å²) in [4.78, 5) is 16.2. The van der Waals surface area contributed by atoms with Crippen molar-refractivity contribution in [1.29, 1.82) is 0 Å². The summed E-state index contributed by atoms with van der Waals surface area (Å²) in [5, 5.41) is 25.4. The third kappa shape index (κ3) is 7.66. The molecule has 0 heterocycles. The van der Waals surface area contributed by atoms with Crippen molar-refractivity contribution in [2.75, 3.05) is 16.0 Å². The number of benzene rings is 8. The lowest BCUT2D eigenvalue weighted by molar-refractivity contribution is 0.102. The quantitative estimate of drug-likeness (QED) is 0.0951. The minimum absolute atomic E-state index is 0.120. The van der Waals surface area contributed by atoms with Crippen molar-refractivity contribution in [3.8, 4) is 16.9 Å². The lowest BCUT2D eigenvalue weighted by Crippen LogP contribution is -2.12. The first-order valence-corrected chi connectivity index (χ1v) is 19.9.